The Hall–Kier alpha value is -1.22. The first-order chi connectivity index (χ1) is 10.3. The third kappa shape index (κ3) is 3.91. The van der Waals surface area contributed by atoms with Gasteiger partial charge in [0, 0.05) is 12.6 Å². The number of hydrogen-bond donors (Lipinski definition) is 1. The van der Waals surface area contributed by atoms with Crippen LogP contribution >= 0.6 is 0 Å². The zero-order valence-corrected chi connectivity index (χ0v) is 13.2. The molecule has 0 aromatic heterocycles. The molecular weight excluding hydrogens is 262 g/mol. The maximum Gasteiger partial charge on any atom is 0.161 e. The summed E-state index contributed by atoms with van der Waals surface area (Å²) in [4.78, 5) is 0. The van der Waals surface area contributed by atoms with E-state index in [0.717, 1.165) is 42.3 Å². The highest BCUT2D eigenvalue weighted by molar-refractivity contribution is 5.42. The summed E-state index contributed by atoms with van der Waals surface area (Å²) in [6.45, 7) is 3.78. The van der Waals surface area contributed by atoms with Crippen LogP contribution in [0.3, 0.4) is 0 Å². The molecule has 1 aromatic carbocycles. The van der Waals surface area contributed by atoms with Gasteiger partial charge in [0.25, 0.3) is 0 Å². The van der Waals surface area contributed by atoms with E-state index in [9.17, 15) is 0 Å². The highest BCUT2D eigenvalue weighted by Crippen LogP contribution is 2.44. The van der Waals surface area contributed by atoms with Crippen molar-refractivity contribution in [1.29, 1.82) is 0 Å². The molecule has 0 amide bonds. The Balaban J connectivity index is 1.46. The van der Waals surface area contributed by atoms with Gasteiger partial charge in [-0.1, -0.05) is 13.0 Å². The van der Waals surface area contributed by atoms with Gasteiger partial charge in [0.15, 0.2) is 11.5 Å². The summed E-state index contributed by atoms with van der Waals surface area (Å²) in [6.07, 6.45) is 6.69. The maximum atomic E-state index is 5.89. The topological polar surface area (TPSA) is 30.5 Å². The number of ether oxygens (including phenoxy) is 2. The van der Waals surface area contributed by atoms with Crippen molar-refractivity contribution in [1.82, 2.24) is 5.32 Å². The fourth-order valence-corrected chi connectivity index (χ4v) is 3.07. The molecule has 0 saturated heterocycles. The highest BCUT2D eigenvalue weighted by Gasteiger charge is 2.40. The fraction of sp³-hybridized carbons (Fsp3) is 0.667. The van der Waals surface area contributed by atoms with Crippen LogP contribution in [0, 0.1) is 11.8 Å². The molecule has 3 nitrogen and oxygen atoms in total. The van der Waals surface area contributed by atoms with Crippen molar-refractivity contribution >= 4 is 0 Å². The van der Waals surface area contributed by atoms with E-state index in [-0.39, 0.29) is 0 Å². The fourth-order valence-electron chi connectivity index (χ4n) is 3.07. The lowest BCUT2D eigenvalue weighted by molar-refractivity contribution is 0.278. The molecule has 0 unspecified atom stereocenters. The quantitative estimate of drug-likeness (QED) is 0.707. The van der Waals surface area contributed by atoms with Crippen LogP contribution in [-0.4, -0.2) is 26.3 Å². The number of rotatable bonds is 9. The molecule has 3 rings (SSSR count). The van der Waals surface area contributed by atoms with Crippen molar-refractivity contribution in [2.45, 2.75) is 45.1 Å². The third-order valence-electron chi connectivity index (χ3n) is 4.64. The van der Waals surface area contributed by atoms with Crippen molar-refractivity contribution in [2.75, 3.05) is 20.3 Å². The van der Waals surface area contributed by atoms with Crippen LogP contribution in [0.1, 0.15) is 38.2 Å². The standard InChI is InChI=1S/C18H27NO2/c1-3-13-4-9-16(17(12-13)20-2)21-11-10-19-18(14-5-6-14)15-7-8-15/h4,9,12,14-15,18-19H,3,5-8,10-11H2,1-2H3. The van der Waals surface area contributed by atoms with Crippen LogP contribution < -0.4 is 14.8 Å². The zero-order valence-electron chi connectivity index (χ0n) is 13.2. The van der Waals surface area contributed by atoms with Gasteiger partial charge in [-0.2, -0.15) is 0 Å². The van der Waals surface area contributed by atoms with E-state index in [1.54, 1.807) is 7.11 Å². The molecule has 2 fully saturated rings. The molecule has 21 heavy (non-hydrogen) atoms. The van der Waals surface area contributed by atoms with Gasteiger partial charge in [-0.3, -0.25) is 0 Å². The molecule has 0 heterocycles. The van der Waals surface area contributed by atoms with Crippen LogP contribution in [0.4, 0.5) is 0 Å². The average molecular weight is 289 g/mol. The smallest absolute Gasteiger partial charge is 0.161 e. The summed E-state index contributed by atoms with van der Waals surface area (Å²) in [5.74, 6) is 3.58. The van der Waals surface area contributed by atoms with Gasteiger partial charge in [-0.15, -0.1) is 0 Å². The molecule has 1 N–H and O–H groups in total. The molecule has 1 aromatic rings. The lowest BCUT2D eigenvalue weighted by Crippen LogP contribution is -2.36. The minimum atomic E-state index is 0.706. The molecule has 3 heteroatoms. The lowest BCUT2D eigenvalue weighted by Gasteiger charge is -2.18. The Morgan fingerprint density at radius 3 is 2.43 bits per heavy atom. The minimum Gasteiger partial charge on any atom is -0.493 e. The SMILES string of the molecule is CCc1ccc(OCCNC(C2CC2)C2CC2)c(OC)c1. The van der Waals surface area contributed by atoms with Crippen LogP contribution in [-0.2, 0) is 6.42 Å². The van der Waals surface area contributed by atoms with Crippen LogP contribution in [0.15, 0.2) is 18.2 Å². The average Bonchev–Trinajstić information content (AvgIpc) is 3.39. The molecule has 0 spiro atoms. The summed E-state index contributed by atoms with van der Waals surface area (Å²) in [6, 6.07) is 6.96. The number of benzene rings is 1. The number of aryl methyl sites for hydroxylation is 1. The first-order valence-corrected chi connectivity index (χ1v) is 8.35. The number of hydrogen-bond acceptors (Lipinski definition) is 3. The van der Waals surface area contributed by atoms with Crippen molar-refractivity contribution in [2.24, 2.45) is 11.8 Å². The van der Waals surface area contributed by atoms with E-state index < -0.39 is 0 Å². The van der Waals surface area contributed by atoms with Crippen LogP contribution in [0.25, 0.3) is 0 Å². The van der Waals surface area contributed by atoms with E-state index in [2.05, 4.69) is 24.4 Å². The Morgan fingerprint density at radius 1 is 1.14 bits per heavy atom. The van der Waals surface area contributed by atoms with Gasteiger partial charge in [-0.25, -0.2) is 0 Å². The van der Waals surface area contributed by atoms with Crippen LogP contribution in [0.5, 0.6) is 11.5 Å². The Kier molecular flexibility index (Phi) is 4.69. The second-order valence-electron chi connectivity index (χ2n) is 6.34. The van der Waals surface area contributed by atoms with E-state index >= 15 is 0 Å². The predicted molar refractivity (Wildman–Crippen MR) is 85.1 cm³/mol. The van der Waals surface area contributed by atoms with Crippen molar-refractivity contribution in [3.63, 3.8) is 0 Å². The van der Waals surface area contributed by atoms with E-state index in [4.69, 9.17) is 9.47 Å². The highest BCUT2D eigenvalue weighted by atomic mass is 16.5. The summed E-state index contributed by atoms with van der Waals surface area (Å²) < 4.78 is 11.3. The van der Waals surface area contributed by atoms with Gasteiger partial charge in [0.1, 0.15) is 6.61 Å². The lowest BCUT2D eigenvalue weighted by atomic mass is 10.1. The summed E-state index contributed by atoms with van der Waals surface area (Å²) in [7, 11) is 1.70. The summed E-state index contributed by atoms with van der Waals surface area (Å²) in [5.41, 5.74) is 1.28. The first-order valence-electron chi connectivity index (χ1n) is 8.35. The van der Waals surface area contributed by atoms with Gasteiger partial charge in [0.05, 0.1) is 7.11 Å². The normalized spacial score (nSPS) is 18.0. The molecule has 2 saturated carbocycles. The predicted octanol–water partition coefficient (Wildman–Crippen LogP) is 3.41. The monoisotopic (exact) mass is 289 g/mol. The van der Waals surface area contributed by atoms with E-state index in [1.165, 1.54) is 31.2 Å². The summed E-state index contributed by atoms with van der Waals surface area (Å²) in [5, 5.41) is 3.71. The van der Waals surface area contributed by atoms with Crippen molar-refractivity contribution < 1.29 is 9.47 Å². The Bertz CT molecular complexity index is 454. The largest absolute Gasteiger partial charge is 0.493 e. The molecule has 0 radical (unpaired) electrons. The Morgan fingerprint density at radius 2 is 1.86 bits per heavy atom. The molecule has 2 aliphatic rings. The van der Waals surface area contributed by atoms with Crippen molar-refractivity contribution in [3.8, 4) is 11.5 Å². The number of methoxy groups -OCH3 is 1. The molecule has 2 aliphatic carbocycles. The van der Waals surface area contributed by atoms with Crippen molar-refractivity contribution in [3.05, 3.63) is 23.8 Å². The zero-order chi connectivity index (χ0) is 14.7. The maximum absolute atomic E-state index is 5.89. The second kappa shape index (κ2) is 6.69. The second-order valence-corrected chi connectivity index (χ2v) is 6.34. The van der Waals surface area contributed by atoms with E-state index in [0.29, 0.717) is 6.61 Å². The molecular formula is C18H27NO2. The molecule has 0 bridgehead atoms. The van der Waals surface area contributed by atoms with Gasteiger partial charge < -0.3 is 14.8 Å². The molecule has 0 atom stereocenters. The molecule has 116 valence electrons. The Labute approximate surface area is 128 Å². The van der Waals surface area contributed by atoms with Gasteiger partial charge >= 0.3 is 0 Å². The summed E-state index contributed by atoms with van der Waals surface area (Å²) >= 11 is 0. The van der Waals surface area contributed by atoms with Gasteiger partial charge in [0.2, 0.25) is 0 Å². The number of nitrogens with one attached hydrogen (secondary N) is 1. The first kappa shape index (κ1) is 14.7. The third-order valence-corrected chi connectivity index (χ3v) is 4.64. The van der Waals surface area contributed by atoms with E-state index in [1.807, 2.05) is 6.07 Å². The van der Waals surface area contributed by atoms with Gasteiger partial charge in [-0.05, 0) is 61.6 Å². The minimum absolute atomic E-state index is 0.706. The van der Waals surface area contributed by atoms with Crippen LogP contribution in [0.2, 0.25) is 0 Å². The molecule has 0 aliphatic heterocycles.